The highest BCUT2D eigenvalue weighted by Crippen LogP contribution is 2.29. The number of aryl methyl sites for hydroxylation is 3. The van der Waals surface area contributed by atoms with Gasteiger partial charge in [-0.15, -0.1) is 0 Å². The number of nitrogens with one attached hydrogen (secondary N) is 1. The van der Waals surface area contributed by atoms with Gasteiger partial charge in [-0.3, -0.25) is 4.57 Å². The van der Waals surface area contributed by atoms with Gasteiger partial charge in [0.25, 0.3) is 0 Å². The van der Waals surface area contributed by atoms with Crippen LogP contribution in [0.5, 0.6) is 0 Å². The van der Waals surface area contributed by atoms with Crippen LogP contribution in [0.3, 0.4) is 0 Å². The highest BCUT2D eigenvalue weighted by atomic mass is 16.5. The van der Waals surface area contributed by atoms with Gasteiger partial charge < -0.3 is 4.52 Å². The molecule has 0 amide bonds. The Balaban J connectivity index is 1.42. The third-order valence-corrected chi connectivity index (χ3v) is 5.35. The van der Waals surface area contributed by atoms with E-state index in [0.717, 1.165) is 37.1 Å². The summed E-state index contributed by atoms with van der Waals surface area (Å²) in [6.07, 6.45) is 6.41. The Morgan fingerprint density at radius 3 is 2.96 bits per heavy atom. The van der Waals surface area contributed by atoms with E-state index in [1.54, 1.807) is 4.57 Å². The van der Waals surface area contributed by atoms with Crippen molar-refractivity contribution in [1.82, 2.24) is 24.9 Å². The van der Waals surface area contributed by atoms with Crippen LogP contribution in [0.4, 0.5) is 0 Å². The normalized spacial score (nSPS) is 19.4. The lowest BCUT2D eigenvalue weighted by Gasteiger charge is -2.18. The van der Waals surface area contributed by atoms with Gasteiger partial charge in [0.05, 0.1) is 5.92 Å². The van der Waals surface area contributed by atoms with Crippen LogP contribution in [0, 0.1) is 0 Å². The van der Waals surface area contributed by atoms with Crippen LogP contribution < -0.4 is 5.69 Å². The topological polar surface area (TPSA) is 89.6 Å². The molecule has 128 valence electrons. The minimum absolute atomic E-state index is 0.0571. The molecule has 5 rings (SSSR count). The maximum absolute atomic E-state index is 11.8. The summed E-state index contributed by atoms with van der Waals surface area (Å²) in [6, 6.07) is 6.47. The summed E-state index contributed by atoms with van der Waals surface area (Å²) < 4.78 is 7.19. The quantitative estimate of drug-likeness (QED) is 0.774. The minimum Gasteiger partial charge on any atom is -0.339 e. The van der Waals surface area contributed by atoms with Crippen LogP contribution in [0.15, 0.2) is 27.5 Å². The second-order valence-corrected chi connectivity index (χ2v) is 6.94. The molecule has 1 atom stereocenters. The van der Waals surface area contributed by atoms with E-state index in [-0.39, 0.29) is 11.6 Å². The summed E-state index contributed by atoms with van der Waals surface area (Å²) in [5, 5.41) is 10.7. The Labute approximate surface area is 144 Å². The molecule has 0 bridgehead atoms. The van der Waals surface area contributed by atoms with Gasteiger partial charge in [-0.2, -0.15) is 10.1 Å². The molecule has 2 aliphatic rings. The Morgan fingerprint density at radius 1 is 1.16 bits per heavy atom. The van der Waals surface area contributed by atoms with Crippen LogP contribution in [0.25, 0.3) is 11.4 Å². The Kier molecular flexibility index (Phi) is 3.33. The van der Waals surface area contributed by atoms with Gasteiger partial charge in [0, 0.05) is 18.5 Å². The second kappa shape index (κ2) is 5.68. The van der Waals surface area contributed by atoms with E-state index >= 15 is 0 Å². The molecule has 0 fully saturated rings. The lowest BCUT2D eigenvalue weighted by atomic mass is 9.90. The number of nitrogens with zero attached hydrogens (tertiary/aromatic N) is 4. The van der Waals surface area contributed by atoms with Crippen molar-refractivity contribution in [1.29, 1.82) is 0 Å². The van der Waals surface area contributed by atoms with Crippen LogP contribution in [-0.2, 0) is 25.8 Å². The average molecular weight is 337 g/mol. The van der Waals surface area contributed by atoms with Gasteiger partial charge in [0.2, 0.25) is 11.7 Å². The number of fused-ring (bicyclic) bond motifs is 2. The zero-order valence-corrected chi connectivity index (χ0v) is 13.9. The van der Waals surface area contributed by atoms with Crippen molar-refractivity contribution in [3.8, 4) is 11.4 Å². The molecule has 0 radical (unpaired) electrons. The van der Waals surface area contributed by atoms with Crippen LogP contribution in [-0.4, -0.2) is 24.9 Å². The summed E-state index contributed by atoms with van der Waals surface area (Å²) in [5.41, 5.74) is 3.68. The third kappa shape index (κ3) is 2.50. The predicted octanol–water partition coefficient (Wildman–Crippen LogP) is 2.23. The van der Waals surface area contributed by atoms with E-state index < -0.39 is 0 Å². The molecule has 0 spiro atoms. The molecule has 0 saturated heterocycles. The lowest BCUT2D eigenvalue weighted by Crippen LogP contribution is -2.27. The van der Waals surface area contributed by atoms with Crippen molar-refractivity contribution in [2.24, 2.45) is 0 Å². The van der Waals surface area contributed by atoms with E-state index in [1.165, 1.54) is 24.0 Å². The molecule has 7 heteroatoms. The van der Waals surface area contributed by atoms with Crippen molar-refractivity contribution in [2.75, 3.05) is 0 Å². The summed E-state index contributed by atoms with van der Waals surface area (Å²) in [5.74, 6) is 2.09. The molecule has 3 aromatic rings. The number of hydrogen-bond acceptors (Lipinski definition) is 5. The Morgan fingerprint density at radius 2 is 2.04 bits per heavy atom. The maximum atomic E-state index is 11.8. The Bertz CT molecular complexity index is 984. The molecular weight excluding hydrogens is 318 g/mol. The van der Waals surface area contributed by atoms with Gasteiger partial charge >= 0.3 is 5.69 Å². The fourth-order valence-electron chi connectivity index (χ4n) is 3.94. The SMILES string of the molecule is O=c1[nH]nc2n1CC(c1nc(-c3ccc4c(c3)CCCC4)no1)CC2. The molecule has 1 aliphatic heterocycles. The van der Waals surface area contributed by atoms with Crippen LogP contribution in [0.1, 0.15) is 48.0 Å². The van der Waals surface area contributed by atoms with Gasteiger partial charge in [0.15, 0.2) is 0 Å². The molecule has 1 N–H and O–H groups in total. The van der Waals surface area contributed by atoms with Crippen molar-refractivity contribution in [3.05, 3.63) is 51.5 Å². The van der Waals surface area contributed by atoms with Crippen LogP contribution >= 0.6 is 0 Å². The maximum Gasteiger partial charge on any atom is 0.343 e. The predicted molar refractivity (Wildman–Crippen MR) is 90.3 cm³/mol. The molecule has 1 aliphatic carbocycles. The number of aromatic nitrogens is 5. The largest absolute Gasteiger partial charge is 0.343 e. The number of hydrogen-bond donors (Lipinski definition) is 1. The molecule has 0 saturated carbocycles. The molecular formula is C18H19N5O2. The summed E-state index contributed by atoms with van der Waals surface area (Å²) in [6.45, 7) is 0.538. The van der Waals surface area contributed by atoms with Crippen molar-refractivity contribution >= 4 is 0 Å². The standard InChI is InChI=1S/C18H19N5O2/c24-18-21-20-15-8-7-14(10-23(15)18)17-19-16(22-25-17)13-6-5-11-3-1-2-4-12(11)9-13/h5-6,9,14H,1-4,7-8,10H2,(H,21,24). The van der Waals surface area contributed by atoms with Gasteiger partial charge in [-0.1, -0.05) is 17.3 Å². The van der Waals surface area contributed by atoms with Crippen molar-refractivity contribution in [2.45, 2.75) is 51.0 Å². The number of aromatic amines is 1. The number of benzene rings is 1. The van der Waals surface area contributed by atoms with E-state index in [2.05, 4.69) is 38.5 Å². The zero-order chi connectivity index (χ0) is 16.8. The smallest absolute Gasteiger partial charge is 0.339 e. The van der Waals surface area contributed by atoms with Crippen LogP contribution in [0.2, 0.25) is 0 Å². The molecule has 1 unspecified atom stereocenters. The molecule has 25 heavy (non-hydrogen) atoms. The first-order chi connectivity index (χ1) is 12.3. The molecule has 2 aromatic heterocycles. The fraction of sp³-hybridized carbons (Fsp3) is 0.444. The number of H-pyrrole nitrogens is 1. The summed E-state index contributed by atoms with van der Waals surface area (Å²) in [7, 11) is 0. The van der Waals surface area contributed by atoms with Gasteiger partial charge in [-0.05, 0) is 49.3 Å². The fourth-order valence-corrected chi connectivity index (χ4v) is 3.94. The zero-order valence-electron chi connectivity index (χ0n) is 13.9. The van der Waals surface area contributed by atoms with E-state index in [4.69, 9.17) is 4.52 Å². The summed E-state index contributed by atoms with van der Waals surface area (Å²) >= 11 is 0. The van der Waals surface area contributed by atoms with Crippen molar-refractivity contribution in [3.63, 3.8) is 0 Å². The summed E-state index contributed by atoms with van der Waals surface area (Å²) in [4.78, 5) is 16.4. The van der Waals surface area contributed by atoms with E-state index in [0.29, 0.717) is 18.3 Å². The van der Waals surface area contributed by atoms with Gasteiger partial charge in [-0.25, -0.2) is 9.89 Å². The highest BCUT2D eigenvalue weighted by Gasteiger charge is 2.27. The molecule has 1 aromatic carbocycles. The van der Waals surface area contributed by atoms with Gasteiger partial charge in [0.1, 0.15) is 5.82 Å². The van der Waals surface area contributed by atoms with Crippen molar-refractivity contribution < 1.29 is 4.52 Å². The second-order valence-electron chi connectivity index (χ2n) is 6.94. The average Bonchev–Trinajstić information content (AvgIpc) is 3.29. The molecule has 7 nitrogen and oxygen atoms in total. The molecule has 3 heterocycles. The minimum atomic E-state index is -0.172. The highest BCUT2D eigenvalue weighted by molar-refractivity contribution is 5.57. The Hall–Kier alpha value is -2.70. The first kappa shape index (κ1) is 14.6. The number of rotatable bonds is 2. The lowest BCUT2D eigenvalue weighted by molar-refractivity contribution is 0.314. The third-order valence-electron chi connectivity index (χ3n) is 5.35. The first-order valence-corrected chi connectivity index (χ1v) is 8.88. The van der Waals surface area contributed by atoms with E-state index in [1.807, 2.05) is 0 Å². The van der Waals surface area contributed by atoms with E-state index in [9.17, 15) is 4.79 Å². The monoisotopic (exact) mass is 337 g/mol. The first-order valence-electron chi connectivity index (χ1n) is 8.88.